The molecule has 112 valence electrons. The van der Waals surface area contributed by atoms with Crippen molar-refractivity contribution in [1.82, 2.24) is 4.90 Å². The summed E-state index contributed by atoms with van der Waals surface area (Å²) in [5.41, 5.74) is 6.89. The molecule has 0 aromatic carbocycles. The van der Waals surface area contributed by atoms with Crippen LogP contribution in [0.25, 0.3) is 0 Å². The molecule has 1 saturated heterocycles. The second-order valence-electron chi connectivity index (χ2n) is 7.60. The first kappa shape index (κ1) is 15.3. The zero-order chi connectivity index (χ0) is 13.9. The predicted molar refractivity (Wildman–Crippen MR) is 83.2 cm³/mol. The van der Waals surface area contributed by atoms with Gasteiger partial charge in [-0.05, 0) is 64.5 Å². The van der Waals surface area contributed by atoms with Crippen LogP contribution >= 0.6 is 0 Å². The van der Waals surface area contributed by atoms with E-state index in [4.69, 9.17) is 5.73 Å². The summed E-state index contributed by atoms with van der Waals surface area (Å²) in [5, 5.41) is 0. The molecule has 0 spiro atoms. The average molecular weight is 266 g/mol. The zero-order valence-electron chi connectivity index (χ0n) is 13.3. The Morgan fingerprint density at radius 2 is 1.47 bits per heavy atom. The van der Waals surface area contributed by atoms with Gasteiger partial charge in [0.2, 0.25) is 0 Å². The minimum atomic E-state index is 0.176. The van der Waals surface area contributed by atoms with Gasteiger partial charge in [-0.1, -0.05) is 32.6 Å². The number of likely N-dealkylation sites (tertiary alicyclic amines) is 1. The van der Waals surface area contributed by atoms with Gasteiger partial charge in [-0.3, -0.25) is 4.90 Å². The van der Waals surface area contributed by atoms with Crippen LogP contribution < -0.4 is 5.73 Å². The largest absolute Gasteiger partial charge is 0.326 e. The molecule has 1 unspecified atom stereocenters. The van der Waals surface area contributed by atoms with Gasteiger partial charge in [0.15, 0.2) is 0 Å². The predicted octanol–water partition coefficient (Wildman–Crippen LogP) is 3.79. The Morgan fingerprint density at radius 3 is 2.00 bits per heavy atom. The first-order chi connectivity index (χ1) is 9.01. The molecule has 1 atom stereocenters. The number of hydrogen-bond donors (Lipinski definition) is 1. The highest BCUT2D eigenvalue weighted by Gasteiger charge is 2.38. The summed E-state index contributed by atoms with van der Waals surface area (Å²) in [4.78, 5) is 2.68. The molecular weight excluding hydrogens is 232 g/mol. The Labute approximate surface area is 120 Å². The fourth-order valence-corrected chi connectivity index (χ4v) is 4.08. The van der Waals surface area contributed by atoms with Crippen molar-refractivity contribution in [2.45, 2.75) is 83.7 Å². The van der Waals surface area contributed by atoms with E-state index >= 15 is 0 Å². The summed E-state index contributed by atoms with van der Waals surface area (Å²) in [7, 11) is 0. The van der Waals surface area contributed by atoms with Crippen LogP contribution in [-0.4, -0.2) is 29.6 Å². The third-order valence-electron chi connectivity index (χ3n) is 5.81. The number of nitrogens with two attached hydrogens (primary N) is 1. The highest BCUT2D eigenvalue weighted by Crippen LogP contribution is 2.35. The lowest BCUT2D eigenvalue weighted by molar-refractivity contribution is 0.0622. The normalized spacial score (nSPS) is 32.8. The Balaban J connectivity index is 1.96. The fraction of sp³-hybridized carbons (Fsp3) is 1.00. The maximum Gasteiger partial charge on any atom is 0.0306 e. The second kappa shape index (κ2) is 6.58. The van der Waals surface area contributed by atoms with Gasteiger partial charge in [0, 0.05) is 11.6 Å². The van der Waals surface area contributed by atoms with Gasteiger partial charge >= 0.3 is 0 Å². The van der Waals surface area contributed by atoms with E-state index in [0.717, 1.165) is 11.8 Å². The molecule has 0 bridgehead atoms. The number of rotatable bonds is 3. The van der Waals surface area contributed by atoms with Crippen LogP contribution in [0.5, 0.6) is 0 Å². The van der Waals surface area contributed by atoms with E-state index in [1.807, 2.05) is 0 Å². The van der Waals surface area contributed by atoms with Gasteiger partial charge in [0.1, 0.15) is 0 Å². The molecule has 1 saturated carbocycles. The van der Waals surface area contributed by atoms with E-state index in [2.05, 4.69) is 25.7 Å². The minimum absolute atomic E-state index is 0.176. The maximum absolute atomic E-state index is 6.71. The lowest BCUT2D eigenvalue weighted by Crippen LogP contribution is -2.59. The zero-order valence-corrected chi connectivity index (χ0v) is 13.3. The molecule has 1 aliphatic carbocycles. The molecule has 0 radical (unpaired) electrons. The van der Waals surface area contributed by atoms with Crippen molar-refractivity contribution >= 4 is 0 Å². The molecular formula is C17H34N2. The quantitative estimate of drug-likeness (QED) is 0.842. The third-order valence-corrected chi connectivity index (χ3v) is 5.81. The summed E-state index contributed by atoms with van der Waals surface area (Å²) < 4.78 is 0. The Bertz CT molecular complexity index is 258. The van der Waals surface area contributed by atoms with Crippen molar-refractivity contribution in [3.63, 3.8) is 0 Å². The van der Waals surface area contributed by atoms with E-state index in [1.54, 1.807) is 0 Å². The van der Waals surface area contributed by atoms with E-state index in [0.29, 0.717) is 6.04 Å². The highest BCUT2D eigenvalue weighted by molar-refractivity contribution is 4.96. The van der Waals surface area contributed by atoms with Gasteiger partial charge < -0.3 is 5.73 Å². The molecule has 2 nitrogen and oxygen atoms in total. The van der Waals surface area contributed by atoms with Crippen molar-refractivity contribution < 1.29 is 0 Å². The molecule has 0 aromatic heterocycles. The van der Waals surface area contributed by atoms with Crippen LogP contribution in [0, 0.1) is 11.8 Å². The van der Waals surface area contributed by atoms with Crippen LogP contribution in [0.3, 0.4) is 0 Å². The van der Waals surface area contributed by atoms with Crippen molar-refractivity contribution in [3.05, 3.63) is 0 Å². The number of hydrogen-bond acceptors (Lipinski definition) is 2. The van der Waals surface area contributed by atoms with Gasteiger partial charge in [-0.25, -0.2) is 0 Å². The van der Waals surface area contributed by atoms with Crippen molar-refractivity contribution in [3.8, 4) is 0 Å². The van der Waals surface area contributed by atoms with Crippen molar-refractivity contribution in [2.75, 3.05) is 13.1 Å². The minimum Gasteiger partial charge on any atom is -0.326 e. The van der Waals surface area contributed by atoms with Gasteiger partial charge in [0.05, 0.1) is 0 Å². The molecule has 19 heavy (non-hydrogen) atoms. The smallest absolute Gasteiger partial charge is 0.0306 e. The summed E-state index contributed by atoms with van der Waals surface area (Å²) in [6, 6.07) is 0.345. The molecule has 2 rings (SSSR count). The second-order valence-corrected chi connectivity index (χ2v) is 7.60. The van der Waals surface area contributed by atoms with Crippen molar-refractivity contribution in [2.24, 2.45) is 17.6 Å². The molecule has 0 amide bonds. The summed E-state index contributed by atoms with van der Waals surface area (Å²) in [5.74, 6) is 1.67. The lowest BCUT2D eigenvalue weighted by atomic mass is 9.73. The van der Waals surface area contributed by atoms with Crippen LogP contribution in [0.15, 0.2) is 0 Å². The lowest BCUT2D eigenvalue weighted by Gasteiger charge is -2.46. The molecule has 1 heterocycles. The van der Waals surface area contributed by atoms with Gasteiger partial charge in [0.25, 0.3) is 0 Å². The molecule has 2 N–H and O–H groups in total. The topological polar surface area (TPSA) is 29.3 Å². The first-order valence-electron chi connectivity index (χ1n) is 8.52. The standard InChI is InChI=1S/C17H34N2/c1-14-8-10-15(11-9-14)16(18)17(2,3)19-12-6-4-5-7-13-19/h14-16H,4-13,18H2,1-3H3. The Morgan fingerprint density at radius 1 is 0.947 bits per heavy atom. The Kier molecular flexibility index (Phi) is 5.30. The van der Waals surface area contributed by atoms with Crippen LogP contribution in [0.4, 0.5) is 0 Å². The summed E-state index contributed by atoms with van der Waals surface area (Å²) in [6.07, 6.45) is 11.0. The molecule has 1 aliphatic heterocycles. The van der Waals surface area contributed by atoms with Crippen molar-refractivity contribution in [1.29, 1.82) is 0 Å². The highest BCUT2D eigenvalue weighted by atomic mass is 15.2. The average Bonchev–Trinajstić information content (AvgIpc) is 2.68. The first-order valence-corrected chi connectivity index (χ1v) is 8.52. The van der Waals surface area contributed by atoms with Crippen LogP contribution in [0.2, 0.25) is 0 Å². The molecule has 2 heteroatoms. The van der Waals surface area contributed by atoms with E-state index in [9.17, 15) is 0 Å². The number of nitrogens with zero attached hydrogens (tertiary/aromatic N) is 1. The van der Waals surface area contributed by atoms with E-state index < -0.39 is 0 Å². The fourth-order valence-electron chi connectivity index (χ4n) is 4.08. The summed E-state index contributed by atoms with van der Waals surface area (Å²) >= 11 is 0. The monoisotopic (exact) mass is 266 g/mol. The third kappa shape index (κ3) is 3.72. The molecule has 2 fully saturated rings. The van der Waals surface area contributed by atoms with Gasteiger partial charge in [-0.15, -0.1) is 0 Å². The van der Waals surface area contributed by atoms with Crippen LogP contribution in [0.1, 0.15) is 72.1 Å². The SMILES string of the molecule is CC1CCC(C(N)C(C)(C)N2CCCCCC2)CC1. The summed E-state index contributed by atoms with van der Waals surface area (Å²) in [6.45, 7) is 9.68. The molecule has 2 aliphatic rings. The van der Waals surface area contributed by atoms with Gasteiger partial charge in [-0.2, -0.15) is 0 Å². The van der Waals surface area contributed by atoms with Crippen LogP contribution in [-0.2, 0) is 0 Å². The molecule has 0 aromatic rings. The maximum atomic E-state index is 6.71. The van der Waals surface area contributed by atoms with E-state index in [-0.39, 0.29) is 5.54 Å². The van der Waals surface area contributed by atoms with E-state index in [1.165, 1.54) is 64.5 Å². The Hall–Kier alpha value is -0.0800.